The lowest BCUT2D eigenvalue weighted by atomic mass is 9.76. The van der Waals surface area contributed by atoms with Crippen molar-refractivity contribution in [2.45, 2.75) is 31.8 Å². The molecule has 0 N–H and O–H groups in total. The molecule has 118 valence electrons. The van der Waals surface area contributed by atoms with Crippen LogP contribution in [0.5, 0.6) is 0 Å². The molecule has 0 bridgehead atoms. The highest BCUT2D eigenvalue weighted by molar-refractivity contribution is 5.47. The average molecular weight is 304 g/mol. The van der Waals surface area contributed by atoms with Gasteiger partial charge in [0.15, 0.2) is 0 Å². The van der Waals surface area contributed by atoms with Crippen molar-refractivity contribution in [2.24, 2.45) is 0 Å². The van der Waals surface area contributed by atoms with Gasteiger partial charge in [0.05, 0.1) is 0 Å². The summed E-state index contributed by atoms with van der Waals surface area (Å²) in [5.41, 5.74) is 3.27. The number of rotatable bonds is 6. The summed E-state index contributed by atoms with van der Waals surface area (Å²) in [6, 6.07) is 21.3. The van der Waals surface area contributed by atoms with Crippen LogP contribution in [0.1, 0.15) is 37.3 Å². The Hall–Kier alpha value is -2.12. The molecule has 0 amide bonds. The Labute approximate surface area is 139 Å². The van der Waals surface area contributed by atoms with Gasteiger partial charge in [0.25, 0.3) is 0 Å². The third-order valence-corrected chi connectivity index (χ3v) is 4.35. The molecule has 0 saturated carbocycles. The molecule has 1 nitrogen and oxygen atoms in total. The minimum Gasteiger partial charge on any atom is -0.361 e. The normalized spacial score (nSPS) is 14.6. The minimum atomic E-state index is -0.483. The molecule has 1 heteroatoms. The maximum Gasteiger partial charge on any atom is 0.140 e. The van der Waals surface area contributed by atoms with E-state index in [1.54, 1.807) is 0 Å². The zero-order valence-electron chi connectivity index (χ0n) is 13.7. The van der Waals surface area contributed by atoms with Crippen LogP contribution in [0, 0.1) is 0 Å². The highest BCUT2D eigenvalue weighted by Crippen LogP contribution is 2.43. The molecule has 2 aromatic carbocycles. The zero-order chi connectivity index (χ0) is 16.0. The van der Waals surface area contributed by atoms with Crippen LogP contribution in [0.3, 0.4) is 0 Å². The summed E-state index contributed by atoms with van der Waals surface area (Å²) in [6.07, 6.45) is 9.73. The number of allylic oxidation sites excluding steroid dienone is 3. The largest absolute Gasteiger partial charge is 0.361 e. The maximum absolute atomic E-state index is 6.59. The van der Waals surface area contributed by atoms with Crippen LogP contribution in [-0.4, -0.2) is 6.61 Å². The van der Waals surface area contributed by atoms with Crippen LogP contribution < -0.4 is 0 Å². The first kappa shape index (κ1) is 15.8. The van der Waals surface area contributed by atoms with E-state index in [-0.39, 0.29) is 0 Å². The standard InChI is InChI=1S/C22H24O/c1-2-18-23-22(19-12-6-3-7-13-19,20-14-8-4-9-15-20)21-16-10-5-11-17-21/h3-10,12-16H,2,11,17-18H2,1H3. The first-order chi connectivity index (χ1) is 11.4. The Balaban J connectivity index is 2.20. The second-order valence-electron chi connectivity index (χ2n) is 5.92. The smallest absolute Gasteiger partial charge is 0.140 e. The van der Waals surface area contributed by atoms with Crippen molar-refractivity contribution in [3.63, 3.8) is 0 Å². The van der Waals surface area contributed by atoms with Crippen molar-refractivity contribution in [2.75, 3.05) is 6.61 Å². The van der Waals surface area contributed by atoms with E-state index in [4.69, 9.17) is 4.74 Å². The van der Waals surface area contributed by atoms with E-state index < -0.39 is 5.60 Å². The summed E-state index contributed by atoms with van der Waals surface area (Å²) in [7, 11) is 0. The fourth-order valence-corrected chi connectivity index (χ4v) is 3.29. The predicted octanol–water partition coefficient (Wildman–Crippen LogP) is 5.63. The molecular weight excluding hydrogens is 280 g/mol. The van der Waals surface area contributed by atoms with Gasteiger partial charge in [0.1, 0.15) is 5.60 Å². The molecule has 0 atom stereocenters. The van der Waals surface area contributed by atoms with Gasteiger partial charge in [-0.2, -0.15) is 0 Å². The molecular formula is C22H24O. The number of benzene rings is 2. The first-order valence-corrected chi connectivity index (χ1v) is 8.49. The molecule has 3 rings (SSSR count). The molecule has 1 aliphatic carbocycles. The molecule has 1 aliphatic rings. The third kappa shape index (κ3) is 3.16. The Morgan fingerprint density at radius 2 is 1.52 bits per heavy atom. The van der Waals surface area contributed by atoms with Crippen molar-refractivity contribution in [1.29, 1.82) is 0 Å². The molecule has 0 heterocycles. The maximum atomic E-state index is 6.59. The third-order valence-electron chi connectivity index (χ3n) is 4.35. The van der Waals surface area contributed by atoms with Gasteiger partial charge in [-0.05, 0) is 36.0 Å². The molecule has 2 aromatic rings. The molecule has 0 aliphatic heterocycles. The molecule has 0 spiro atoms. The van der Waals surface area contributed by atoms with Crippen LogP contribution in [0.15, 0.2) is 84.5 Å². The van der Waals surface area contributed by atoms with E-state index in [0.717, 1.165) is 25.9 Å². The molecule has 0 unspecified atom stereocenters. The lowest BCUT2D eigenvalue weighted by Gasteiger charge is -2.38. The van der Waals surface area contributed by atoms with Gasteiger partial charge in [-0.15, -0.1) is 0 Å². The predicted molar refractivity (Wildman–Crippen MR) is 96.4 cm³/mol. The number of ether oxygens (including phenoxy) is 1. The van der Waals surface area contributed by atoms with Crippen LogP contribution in [0.25, 0.3) is 0 Å². The fourth-order valence-electron chi connectivity index (χ4n) is 3.29. The Bertz CT molecular complexity index is 628. The van der Waals surface area contributed by atoms with Gasteiger partial charge in [0.2, 0.25) is 0 Å². The van der Waals surface area contributed by atoms with Crippen LogP contribution in [0.2, 0.25) is 0 Å². The second-order valence-corrected chi connectivity index (χ2v) is 5.92. The van der Waals surface area contributed by atoms with E-state index in [1.807, 2.05) is 0 Å². The molecule has 0 radical (unpaired) electrons. The molecule has 0 saturated heterocycles. The fraction of sp³-hybridized carbons (Fsp3) is 0.273. The summed E-state index contributed by atoms with van der Waals surface area (Å²) in [5.74, 6) is 0. The van der Waals surface area contributed by atoms with E-state index in [1.165, 1.54) is 16.7 Å². The number of hydrogen-bond acceptors (Lipinski definition) is 1. The molecule has 23 heavy (non-hydrogen) atoms. The van der Waals surface area contributed by atoms with Gasteiger partial charge in [-0.25, -0.2) is 0 Å². The lowest BCUT2D eigenvalue weighted by Crippen LogP contribution is -2.34. The highest BCUT2D eigenvalue weighted by atomic mass is 16.5. The average Bonchev–Trinajstić information content (AvgIpc) is 2.65. The van der Waals surface area contributed by atoms with E-state index in [9.17, 15) is 0 Å². The Morgan fingerprint density at radius 3 is 2.00 bits per heavy atom. The summed E-state index contributed by atoms with van der Waals surface area (Å²) in [4.78, 5) is 0. The zero-order valence-corrected chi connectivity index (χ0v) is 13.7. The molecule has 0 aromatic heterocycles. The van der Waals surface area contributed by atoms with Crippen LogP contribution in [-0.2, 0) is 10.3 Å². The van der Waals surface area contributed by atoms with Crippen molar-refractivity contribution in [1.82, 2.24) is 0 Å². The topological polar surface area (TPSA) is 9.23 Å². The highest BCUT2D eigenvalue weighted by Gasteiger charge is 2.38. The Kier molecular flexibility index (Phi) is 5.09. The van der Waals surface area contributed by atoms with Gasteiger partial charge in [-0.3, -0.25) is 0 Å². The van der Waals surface area contributed by atoms with E-state index in [2.05, 4.69) is 85.8 Å². The number of hydrogen-bond donors (Lipinski definition) is 0. The van der Waals surface area contributed by atoms with Crippen molar-refractivity contribution in [3.8, 4) is 0 Å². The van der Waals surface area contributed by atoms with Crippen molar-refractivity contribution >= 4 is 0 Å². The van der Waals surface area contributed by atoms with Gasteiger partial charge < -0.3 is 4.74 Å². The van der Waals surface area contributed by atoms with Gasteiger partial charge >= 0.3 is 0 Å². The van der Waals surface area contributed by atoms with Crippen molar-refractivity contribution < 1.29 is 4.74 Å². The second kappa shape index (κ2) is 7.43. The van der Waals surface area contributed by atoms with E-state index in [0.29, 0.717) is 0 Å². The summed E-state index contributed by atoms with van der Waals surface area (Å²) in [5, 5.41) is 0. The van der Waals surface area contributed by atoms with Gasteiger partial charge in [-0.1, -0.05) is 85.8 Å². The van der Waals surface area contributed by atoms with Gasteiger partial charge in [0, 0.05) is 6.61 Å². The Morgan fingerprint density at radius 1 is 0.913 bits per heavy atom. The SMILES string of the molecule is CCCOC(C1=CC=CCC1)(c1ccccc1)c1ccccc1. The summed E-state index contributed by atoms with van der Waals surface area (Å²) >= 11 is 0. The first-order valence-electron chi connectivity index (χ1n) is 8.49. The van der Waals surface area contributed by atoms with Crippen LogP contribution >= 0.6 is 0 Å². The molecule has 0 fully saturated rings. The van der Waals surface area contributed by atoms with Crippen LogP contribution in [0.4, 0.5) is 0 Å². The van der Waals surface area contributed by atoms with E-state index >= 15 is 0 Å². The quantitative estimate of drug-likeness (QED) is 0.671. The minimum absolute atomic E-state index is 0.483. The van der Waals surface area contributed by atoms with Crippen molar-refractivity contribution in [3.05, 3.63) is 95.6 Å². The summed E-state index contributed by atoms with van der Waals surface area (Å²) < 4.78 is 6.59. The summed E-state index contributed by atoms with van der Waals surface area (Å²) in [6.45, 7) is 2.90. The lowest BCUT2D eigenvalue weighted by molar-refractivity contribution is 0.00767. The monoisotopic (exact) mass is 304 g/mol.